The molecule has 0 aromatic heterocycles. The molecule has 0 atom stereocenters. The Morgan fingerprint density at radius 2 is 2.29 bits per heavy atom. The molecule has 1 aliphatic heterocycles. The molecule has 1 amide bonds. The van der Waals surface area contributed by atoms with Gasteiger partial charge in [-0.15, -0.1) is 0 Å². The maximum Gasteiger partial charge on any atom is 0.309 e. The zero-order chi connectivity index (χ0) is 10.7. The highest BCUT2D eigenvalue weighted by Gasteiger charge is 2.25. The average molecular weight is 198 g/mol. The smallest absolute Gasteiger partial charge is 0.309 e. The molecule has 14 heavy (non-hydrogen) atoms. The monoisotopic (exact) mass is 198 g/mol. The van der Waals surface area contributed by atoms with Gasteiger partial charge >= 0.3 is 5.97 Å². The molecule has 5 nitrogen and oxygen atoms in total. The van der Waals surface area contributed by atoms with E-state index in [-0.39, 0.29) is 18.7 Å². The van der Waals surface area contributed by atoms with E-state index in [9.17, 15) is 9.59 Å². The Labute approximate surface area is 82.4 Å². The second-order valence-corrected chi connectivity index (χ2v) is 3.78. The number of hydrogen-bond acceptors (Lipinski definition) is 3. The molecule has 0 saturated heterocycles. The Balaban J connectivity index is 2.57. The topological polar surface area (TPSA) is 70.0 Å². The van der Waals surface area contributed by atoms with E-state index in [0.717, 1.165) is 0 Å². The van der Waals surface area contributed by atoms with Crippen molar-refractivity contribution in [2.24, 2.45) is 11.0 Å². The first-order chi connectivity index (χ1) is 6.49. The van der Waals surface area contributed by atoms with Gasteiger partial charge in [0.2, 0.25) is 5.91 Å². The van der Waals surface area contributed by atoms with Gasteiger partial charge in [-0.25, -0.2) is 5.01 Å². The van der Waals surface area contributed by atoms with Gasteiger partial charge in [0, 0.05) is 6.54 Å². The van der Waals surface area contributed by atoms with Gasteiger partial charge in [0.05, 0.1) is 18.6 Å². The molecule has 0 unspecified atom stereocenters. The molecule has 1 N–H and O–H groups in total. The minimum absolute atomic E-state index is 0.102. The fourth-order valence-electron chi connectivity index (χ4n) is 1.29. The largest absolute Gasteiger partial charge is 0.481 e. The quantitative estimate of drug-likeness (QED) is 0.723. The molecule has 0 aromatic rings. The third-order valence-corrected chi connectivity index (χ3v) is 1.80. The van der Waals surface area contributed by atoms with Gasteiger partial charge < -0.3 is 5.11 Å². The first kappa shape index (κ1) is 10.7. The number of carboxylic acid groups (broad SMARTS) is 1. The van der Waals surface area contributed by atoms with Gasteiger partial charge in [-0.3, -0.25) is 9.59 Å². The predicted molar refractivity (Wildman–Crippen MR) is 50.9 cm³/mol. The van der Waals surface area contributed by atoms with Crippen molar-refractivity contribution < 1.29 is 14.7 Å². The van der Waals surface area contributed by atoms with Crippen LogP contribution in [0.1, 0.15) is 26.7 Å². The Morgan fingerprint density at radius 3 is 2.79 bits per heavy atom. The number of aliphatic carboxylic acids is 1. The van der Waals surface area contributed by atoms with Crippen LogP contribution < -0.4 is 0 Å². The number of carbonyl (C=O) groups excluding carboxylic acids is 1. The maximum absolute atomic E-state index is 11.3. The second kappa shape index (κ2) is 4.21. The minimum atomic E-state index is -0.942. The maximum atomic E-state index is 11.3. The molecule has 0 aliphatic carbocycles. The molecule has 1 heterocycles. The second-order valence-electron chi connectivity index (χ2n) is 3.78. The SMILES string of the molecule is CC(C)CN1N=C(CC(=O)O)CC1=O. The van der Waals surface area contributed by atoms with Gasteiger partial charge in [0.25, 0.3) is 0 Å². The molecule has 0 bridgehead atoms. The van der Waals surface area contributed by atoms with Crippen molar-refractivity contribution in [2.75, 3.05) is 6.54 Å². The van der Waals surface area contributed by atoms with E-state index in [1.54, 1.807) is 0 Å². The summed E-state index contributed by atoms with van der Waals surface area (Å²) in [7, 11) is 0. The van der Waals surface area contributed by atoms with Crippen molar-refractivity contribution in [1.29, 1.82) is 0 Å². The standard InChI is InChI=1S/C9H14N2O3/c1-6(2)5-11-8(12)3-7(10-11)4-9(13)14/h6H,3-5H2,1-2H3,(H,13,14). The van der Waals surface area contributed by atoms with Crippen molar-refractivity contribution in [3.63, 3.8) is 0 Å². The van der Waals surface area contributed by atoms with Crippen molar-refractivity contribution in [1.82, 2.24) is 5.01 Å². The molecule has 1 rings (SSSR count). The lowest BCUT2D eigenvalue weighted by Gasteiger charge is -2.13. The van der Waals surface area contributed by atoms with Crippen LogP contribution >= 0.6 is 0 Å². The van der Waals surface area contributed by atoms with Crippen molar-refractivity contribution in [3.05, 3.63) is 0 Å². The number of hydrazone groups is 1. The van der Waals surface area contributed by atoms with Gasteiger partial charge in [-0.05, 0) is 5.92 Å². The Kier molecular flexibility index (Phi) is 3.22. The van der Waals surface area contributed by atoms with Crippen LogP contribution in [0.2, 0.25) is 0 Å². The summed E-state index contributed by atoms with van der Waals surface area (Å²) < 4.78 is 0. The molecule has 0 saturated carbocycles. The molecule has 1 aliphatic rings. The lowest BCUT2D eigenvalue weighted by Crippen LogP contribution is -2.24. The highest BCUT2D eigenvalue weighted by atomic mass is 16.4. The summed E-state index contributed by atoms with van der Waals surface area (Å²) in [6.45, 7) is 4.53. The molecule has 0 aromatic carbocycles. The molecular formula is C9H14N2O3. The molecule has 78 valence electrons. The van der Waals surface area contributed by atoms with Crippen molar-refractivity contribution in [2.45, 2.75) is 26.7 Å². The number of carboxylic acids is 1. The summed E-state index contributed by atoms with van der Waals surface area (Å²) in [5.74, 6) is -0.704. The van der Waals surface area contributed by atoms with Gasteiger partial charge in [0.1, 0.15) is 0 Å². The summed E-state index contributed by atoms with van der Waals surface area (Å²) in [6.07, 6.45) is 0.0132. The molecular weight excluding hydrogens is 184 g/mol. The van der Waals surface area contributed by atoms with Gasteiger partial charge in [-0.2, -0.15) is 5.10 Å². The van der Waals surface area contributed by atoms with Crippen LogP contribution in [0.3, 0.4) is 0 Å². The predicted octanol–water partition coefficient (Wildman–Crippen LogP) is 0.705. The van der Waals surface area contributed by atoms with E-state index in [1.165, 1.54) is 5.01 Å². The van der Waals surface area contributed by atoms with Crippen molar-refractivity contribution in [3.8, 4) is 0 Å². The zero-order valence-electron chi connectivity index (χ0n) is 8.36. The van der Waals surface area contributed by atoms with E-state index in [4.69, 9.17) is 5.11 Å². The zero-order valence-corrected chi connectivity index (χ0v) is 8.36. The van der Waals surface area contributed by atoms with Crippen LogP contribution in [0.5, 0.6) is 0 Å². The summed E-state index contributed by atoms with van der Waals surface area (Å²) >= 11 is 0. The van der Waals surface area contributed by atoms with Crippen molar-refractivity contribution >= 4 is 17.6 Å². The van der Waals surface area contributed by atoms with Gasteiger partial charge in [0.15, 0.2) is 0 Å². The normalized spacial score (nSPS) is 16.4. The van der Waals surface area contributed by atoms with Crippen LogP contribution in [-0.4, -0.2) is 34.2 Å². The molecule has 5 heteroatoms. The van der Waals surface area contributed by atoms with E-state index in [2.05, 4.69) is 5.10 Å². The van der Waals surface area contributed by atoms with E-state index in [1.807, 2.05) is 13.8 Å². The van der Waals surface area contributed by atoms with Crippen LogP contribution in [0.15, 0.2) is 5.10 Å². The van der Waals surface area contributed by atoms with Crippen LogP contribution in [0.4, 0.5) is 0 Å². The third-order valence-electron chi connectivity index (χ3n) is 1.80. The van der Waals surface area contributed by atoms with Crippen LogP contribution in [0.25, 0.3) is 0 Å². The summed E-state index contributed by atoms with van der Waals surface area (Å²) in [5, 5.41) is 13.9. The molecule has 0 fully saturated rings. The Hall–Kier alpha value is -1.39. The minimum Gasteiger partial charge on any atom is -0.481 e. The number of nitrogens with zero attached hydrogens (tertiary/aromatic N) is 2. The van der Waals surface area contributed by atoms with E-state index < -0.39 is 5.97 Å². The summed E-state index contributed by atoms with van der Waals surface area (Å²) in [5.41, 5.74) is 0.447. The molecule has 0 spiro atoms. The summed E-state index contributed by atoms with van der Waals surface area (Å²) in [4.78, 5) is 21.7. The number of amides is 1. The number of rotatable bonds is 4. The van der Waals surface area contributed by atoms with Crippen LogP contribution in [0, 0.1) is 5.92 Å². The highest BCUT2D eigenvalue weighted by molar-refractivity contribution is 6.10. The van der Waals surface area contributed by atoms with E-state index in [0.29, 0.717) is 18.2 Å². The molecule has 0 radical (unpaired) electrons. The number of hydrogen-bond donors (Lipinski definition) is 1. The highest BCUT2D eigenvalue weighted by Crippen LogP contribution is 2.12. The lowest BCUT2D eigenvalue weighted by atomic mass is 10.2. The fourth-order valence-corrected chi connectivity index (χ4v) is 1.29. The third kappa shape index (κ3) is 2.83. The number of carbonyl (C=O) groups is 2. The van der Waals surface area contributed by atoms with Crippen LogP contribution in [-0.2, 0) is 9.59 Å². The average Bonchev–Trinajstić information content (AvgIpc) is 2.28. The first-order valence-electron chi connectivity index (χ1n) is 4.57. The van der Waals surface area contributed by atoms with Gasteiger partial charge in [-0.1, -0.05) is 13.8 Å². The summed E-state index contributed by atoms with van der Waals surface area (Å²) in [6, 6.07) is 0. The fraction of sp³-hybridized carbons (Fsp3) is 0.667. The first-order valence-corrected chi connectivity index (χ1v) is 4.57. The lowest BCUT2D eigenvalue weighted by molar-refractivity contribution is -0.135. The Bertz CT molecular complexity index is 284. The Morgan fingerprint density at radius 1 is 1.64 bits per heavy atom. The van der Waals surface area contributed by atoms with E-state index >= 15 is 0 Å².